The molecule has 0 radical (unpaired) electrons. The molecule has 0 fully saturated rings. The van der Waals surface area contributed by atoms with Crippen LogP contribution in [0.2, 0.25) is 10.0 Å². The van der Waals surface area contributed by atoms with Crippen molar-refractivity contribution in [1.29, 1.82) is 0 Å². The van der Waals surface area contributed by atoms with Crippen LogP contribution in [0.4, 0.5) is 0 Å². The van der Waals surface area contributed by atoms with Gasteiger partial charge in [-0.25, -0.2) is 4.98 Å². The molecule has 0 saturated heterocycles. The molecule has 1 aromatic heterocycles. The van der Waals surface area contributed by atoms with Crippen LogP contribution < -0.4 is 5.73 Å². The van der Waals surface area contributed by atoms with E-state index >= 15 is 0 Å². The van der Waals surface area contributed by atoms with Crippen molar-refractivity contribution in [2.45, 2.75) is 25.9 Å². The normalized spacial score (nSPS) is 12.7. The summed E-state index contributed by atoms with van der Waals surface area (Å²) in [6.07, 6.45) is 4.73. The van der Waals surface area contributed by atoms with Gasteiger partial charge >= 0.3 is 0 Å². The summed E-state index contributed by atoms with van der Waals surface area (Å²) in [5.74, 6) is 0.829. The molecule has 0 amide bonds. The maximum Gasteiger partial charge on any atom is 0.130 e. The van der Waals surface area contributed by atoms with Gasteiger partial charge in [0.25, 0.3) is 0 Å². The van der Waals surface area contributed by atoms with Gasteiger partial charge in [-0.15, -0.1) is 0 Å². The van der Waals surface area contributed by atoms with Gasteiger partial charge in [0.1, 0.15) is 5.82 Å². The van der Waals surface area contributed by atoms with Gasteiger partial charge in [0.2, 0.25) is 0 Å². The first-order valence-electron chi connectivity index (χ1n) is 5.84. The Bertz CT molecular complexity index is 517. The summed E-state index contributed by atoms with van der Waals surface area (Å²) in [5.41, 5.74) is 7.10. The zero-order valence-corrected chi connectivity index (χ0v) is 11.6. The van der Waals surface area contributed by atoms with Crippen molar-refractivity contribution in [3.05, 3.63) is 52.0 Å². The fourth-order valence-electron chi connectivity index (χ4n) is 1.93. The van der Waals surface area contributed by atoms with Gasteiger partial charge in [0, 0.05) is 29.0 Å². The van der Waals surface area contributed by atoms with Crippen LogP contribution >= 0.6 is 23.2 Å². The first-order chi connectivity index (χ1) is 8.61. The number of aromatic nitrogens is 2. The summed E-state index contributed by atoms with van der Waals surface area (Å²) < 4.78 is 2.06. The zero-order valence-electron chi connectivity index (χ0n) is 10.1. The fourth-order valence-corrected chi connectivity index (χ4v) is 2.48. The van der Waals surface area contributed by atoms with E-state index in [1.807, 2.05) is 18.3 Å². The lowest BCUT2D eigenvalue weighted by Gasteiger charge is -2.14. The molecule has 18 heavy (non-hydrogen) atoms. The Balaban J connectivity index is 2.34. The largest absolute Gasteiger partial charge is 0.333 e. The summed E-state index contributed by atoms with van der Waals surface area (Å²) in [5, 5.41) is 1.17. The first kappa shape index (κ1) is 13.4. The summed E-state index contributed by atoms with van der Waals surface area (Å²) >= 11 is 12.0. The number of hydrogen-bond donors (Lipinski definition) is 1. The molecule has 5 heteroatoms. The van der Waals surface area contributed by atoms with Gasteiger partial charge in [-0.3, -0.25) is 0 Å². The van der Waals surface area contributed by atoms with Crippen LogP contribution in [-0.4, -0.2) is 9.55 Å². The van der Waals surface area contributed by atoms with Gasteiger partial charge in [0.05, 0.1) is 6.04 Å². The molecule has 2 aromatic rings. The maximum absolute atomic E-state index is 6.23. The van der Waals surface area contributed by atoms with E-state index in [0.29, 0.717) is 10.0 Å². The molecule has 0 aliphatic rings. The second-order valence-corrected chi connectivity index (χ2v) is 5.03. The molecule has 3 nitrogen and oxygen atoms in total. The van der Waals surface area contributed by atoms with Crippen LogP contribution in [0.3, 0.4) is 0 Å². The molecule has 2 rings (SSSR count). The van der Waals surface area contributed by atoms with E-state index in [1.165, 1.54) is 0 Å². The lowest BCUT2D eigenvalue weighted by atomic mass is 10.1. The van der Waals surface area contributed by atoms with Crippen LogP contribution in [0.15, 0.2) is 30.6 Å². The highest BCUT2D eigenvalue weighted by Crippen LogP contribution is 2.25. The maximum atomic E-state index is 6.23. The Labute approximate surface area is 117 Å². The second-order valence-electron chi connectivity index (χ2n) is 4.16. The third-order valence-electron chi connectivity index (χ3n) is 2.73. The van der Waals surface area contributed by atoms with Crippen molar-refractivity contribution >= 4 is 23.2 Å². The standard InChI is InChI=1S/C13H15Cl2N3/c1-2-4-18-5-3-17-13(18)12(16)9-6-10(14)8-11(15)7-9/h3,5-8,12H,2,4,16H2,1H3. The van der Waals surface area contributed by atoms with E-state index in [0.717, 1.165) is 24.4 Å². The van der Waals surface area contributed by atoms with E-state index in [2.05, 4.69) is 16.5 Å². The smallest absolute Gasteiger partial charge is 0.130 e. The first-order valence-corrected chi connectivity index (χ1v) is 6.60. The molecule has 2 N–H and O–H groups in total. The molecule has 0 aliphatic carbocycles. The third kappa shape index (κ3) is 2.86. The van der Waals surface area contributed by atoms with Crippen molar-refractivity contribution in [2.24, 2.45) is 5.73 Å². The molecule has 96 valence electrons. The number of benzene rings is 1. The van der Waals surface area contributed by atoms with Crippen molar-refractivity contribution in [3.63, 3.8) is 0 Å². The average molecular weight is 284 g/mol. The second kappa shape index (κ2) is 5.74. The van der Waals surface area contributed by atoms with Gasteiger partial charge in [-0.1, -0.05) is 30.1 Å². The number of halogens is 2. The highest BCUT2D eigenvalue weighted by atomic mass is 35.5. The Morgan fingerprint density at radius 2 is 1.94 bits per heavy atom. The van der Waals surface area contributed by atoms with Crippen LogP contribution in [-0.2, 0) is 6.54 Å². The van der Waals surface area contributed by atoms with Crippen LogP contribution in [0, 0.1) is 0 Å². The Kier molecular flexibility index (Phi) is 4.27. The van der Waals surface area contributed by atoms with E-state index in [-0.39, 0.29) is 6.04 Å². The Morgan fingerprint density at radius 3 is 2.56 bits per heavy atom. The Morgan fingerprint density at radius 1 is 1.28 bits per heavy atom. The summed E-state index contributed by atoms with van der Waals surface area (Å²) in [4.78, 5) is 4.32. The average Bonchev–Trinajstić information content (AvgIpc) is 2.75. The van der Waals surface area contributed by atoms with Crippen molar-refractivity contribution in [2.75, 3.05) is 0 Å². The predicted octanol–water partition coefficient (Wildman–Crippen LogP) is 3.65. The molecule has 0 spiro atoms. The summed E-state index contributed by atoms with van der Waals surface area (Å²) in [6.45, 7) is 3.02. The summed E-state index contributed by atoms with van der Waals surface area (Å²) in [6, 6.07) is 5.02. The predicted molar refractivity (Wildman–Crippen MR) is 75.0 cm³/mol. The van der Waals surface area contributed by atoms with Crippen molar-refractivity contribution < 1.29 is 0 Å². The topological polar surface area (TPSA) is 43.8 Å². The number of hydrogen-bond acceptors (Lipinski definition) is 2. The molecule has 1 heterocycles. The highest BCUT2D eigenvalue weighted by molar-refractivity contribution is 6.34. The van der Waals surface area contributed by atoms with E-state index in [4.69, 9.17) is 28.9 Å². The minimum absolute atomic E-state index is 0.317. The number of rotatable bonds is 4. The summed E-state index contributed by atoms with van der Waals surface area (Å²) in [7, 11) is 0. The minimum Gasteiger partial charge on any atom is -0.333 e. The zero-order chi connectivity index (χ0) is 13.1. The number of aryl methyl sites for hydroxylation is 1. The SMILES string of the molecule is CCCn1ccnc1C(N)c1cc(Cl)cc(Cl)c1. The van der Waals surface area contributed by atoms with Crippen molar-refractivity contribution in [1.82, 2.24) is 9.55 Å². The molecule has 0 aliphatic heterocycles. The van der Waals surface area contributed by atoms with E-state index in [9.17, 15) is 0 Å². The quantitative estimate of drug-likeness (QED) is 0.931. The van der Waals surface area contributed by atoms with Crippen LogP contribution in [0.1, 0.15) is 30.8 Å². The molecule has 0 bridgehead atoms. The monoisotopic (exact) mass is 283 g/mol. The molecular weight excluding hydrogens is 269 g/mol. The lowest BCUT2D eigenvalue weighted by Crippen LogP contribution is -2.18. The number of nitrogens with zero attached hydrogens (tertiary/aromatic N) is 2. The minimum atomic E-state index is -0.317. The van der Waals surface area contributed by atoms with Crippen LogP contribution in [0.5, 0.6) is 0 Å². The van der Waals surface area contributed by atoms with Gasteiger partial charge in [-0.05, 0) is 30.2 Å². The molecule has 1 aromatic carbocycles. The van der Waals surface area contributed by atoms with E-state index < -0.39 is 0 Å². The molecule has 1 unspecified atom stereocenters. The lowest BCUT2D eigenvalue weighted by molar-refractivity contribution is 0.613. The molecule has 1 atom stereocenters. The number of imidazole rings is 1. The van der Waals surface area contributed by atoms with Crippen LogP contribution in [0.25, 0.3) is 0 Å². The third-order valence-corrected chi connectivity index (χ3v) is 3.17. The molecule has 0 saturated carbocycles. The molecular formula is C13H15Cl2N3. The fraction of sp³-hybridized carbons (Fsp3) is 0.308. The van der Waals surface area contributed by atoms with Crippen molar-refractivity contribution in [3.8, 4) is 0 Å². The van der Waals surface area contributed by atoms with E-state index in [1.54, 1.807) is 12.3 Å². The van der Waals surface area contributed by atoms with Gasteiger partial charge < -0.3 is 10.3 Å². The van der Waals surface area contributed by atoms with Gasteiger partial charge in [-0.2, -0.15) is 0 Å². The Hall–Kier alpha value is -1.03. The highest BCUT2D eigenvalue weighted by Gasteiger charge is 2.15. The van der Waals surface area contributed by atoms with Gasteiger partial charge in [0.15, 0.2) is 0 Å². The number of nitrogens with two attached hydrogens (primary N) is 1.